The van der Waals surface area contributed by atoms with E-state index in [0.29, 0.717) is 5.75 Å². The molecule has 1 heterocycles. The second kappa shape index (κ2) is 6.35. The van der Waals surface area contributed by atoms with Crippen LogP contribution in [0.15, 0.2) is 48.5 Å². The number of carbonyl (C=O) groups excluding carboxylic acids is 2. The largest absolute Gasteiger partial charge is 0.480 e. The highest BCUT2D eigenvalue weighted by Gasteiger charge is 2.34. The molecule has 5 heteroatoms. The van der Waals surface area contributed by atoms with Gasteiger partial charge in [0.05, 0.1) is 5.56 Å². The van der Waals surface area contributed by atoms with Crippen molar-refractivity contribution >= 4 is 17.5 Å². The van der Waals surface area contributed by atoms with Gasteiger partial charge in [-0.2, -0.15) is 0 Å². The normalized spacial score (nSPS) is 17.2. The summed E-state index contributed by atoms with van der Waals surface area (Å²) in [6.45, 7) is 3.70. The predicted molar refractivity (Wildman–Crippen MR) is 92.1 cm³/mol. The summed E-state index contributed by atoms with van der Waals surface area (Å²) in [7, 11) is 0. The number of fused-ring (bicyclic) bond motifs is 1. The van der Waals surface area contributed by atoms with Crippen molar-refractivity contribution in [3.05, 3.63) is 59.7 Å². The third kappa shape index (κ3) is 2.85. The van der Waals surface area contributed by atoms with Crippen molar-refractivity contribution in [2.45, 2.75) is 32.4 Å². The van der Waals surface area contributed by atoms with E-state index in [2.05, 4.69) is 0 Å². The van der Waals surface area contributed by atoms with Gasteiger partial charge in [-0.3, -0.25) is 9.59 Å². The van der Waals surface area contributed by atoms with E-state index in [0.717, 1.165) is 17.7 Å². The van der Waals surface area contributed by atoms with Crippen molar-refractivity contribution < 1.29 is 14.3 Å². The number of benzene rings is 2. The molecule has 2 amide bonds. The van der Waals surface area contributed by atoms with Crippen molar-refractivity contribution in [1.82, 2.24) is 0 Å². The molecular formula is C19H20N2O3. The molecule has 0 radical (unpaired) electrons. The van der Waals surface area contributed by atoms with Crippen molar-refractivity contribution in [2.24, 2.45) is 5.73 Å². The van der Waals surface area contributed by atoms with Crippen LogP contribution in [0.2, 0.25) is 0 Å². The standard InChI is InChI=1S/C19H20N2O3/c1-12-11-14-7-3-5-9-16(14)21(12)19(23)13(2)24-17-10-6-4-8-15(17)18(20)22/h3-10,12-13H,11H2,1-2H3,(H2,20,22)/t12-,13-/m0/s1. The van der Waals surface area contributed by atoms with E-state index in [1.54, 1.807) is 36.1 Å². The van der Waals surface area contributed by atoms with Gasteiger partial charge in [-0.25, -0.2) is 0 Å². The second-order valence-electron chi connectivity index (χ2n) is 6.01. The van der Waals surface area contributed by atoms with Crippen molar-refractivity contribution in [2.75, 3.05) is 4.90 Å². The van der Waals surface area contributed by atoms with Gasteiger partial charge in [0.1, 0.15) is 5.75 Å². The number of primary amides is 1. The number of para-hydroxylation sites is 2. The van der Waals surface area contributed by atoms with E-state index in [9.17, 15) is 9.59 Å². The Morgan fingerprint density at radius 3 is 2.58 bits per heavy atom. The molecule has 0 aromatic heterocycles. The first kappa shape index (κ1) is 16.1. The van der Waals surface area contributed by atoms with E-state index in [1.807, 2.05) is 31.2 Å². The third-order valence-electron chi connectivity index (χ3n) is 4.25. The first-order chi connectivity index (χ1) is 11.5. The molecule has 3 rings (SSSR count). The van der Waals surface area contributed by atoms with Crippen LogP contribution in [0.3, 0.4) is 0 Å². The maximum absolute atomic E-state index is 12.9. The van der Waals surface area contributed by atoms with E-state index in [-0.39, 0.29) is 17.5 Å². The molecule has 0 spiro atoms. The van der Waals surface area contributed by atoms with Crippen molar-refractivity contribution in [3.63, 3.8) is 0 Å². The van der Waals surface area contributed by atoms with Crippen molar-refractivity contribution in [1.29, 1.82) is 0 Å². The zero-order valence-corrected chi connectivity index (χ0v) is 13.7. The minimum atomic E-state index is -0.723. The number of nitrogens with zero attached hydrogens (tertiary/aromatic N) is 1. The van der Waals surface area contributed by atoms with Crippen LogP contribution in [0.5, 0.6) is 5.75 Å². The highest BCUT2D eigenvalue weighted by atomic mass is 16.5. The van der Waals surface area contributed by atoms with Crippen LogP contribution in [0.1, 0.15) is 29.8 Å². The van der Waals surface area contributed by atoms with Crippen LogP contribution < -0.4 is 15.4 Å². The molecule has 5 nitrogen and oxygen atoms in total. The number of hydrogen-bond acceptors (Lipinski definition) is 3. The minimum Gasteiger partial charge on any atom is -0.480 e. The highest BCUT2D eigenvalue weighted by molar-refractivity contribution is 5.99. The summed E-state index contributed by atoms with van der Waals surface area (Å²) in [5.74, 6) is -0.386. The van der Waals surface area contributed by atoms with Gasteiger partial charge in [0.25, 0.3) is 11.8 Å². The van der Waals surface area contributed by atoms with Crippen molar-refractivity contribution in [3.8, 4) is 5.75 Å². The van der Waals surface area contributed by atoms with E-state index >= 15 is 0 Å². The molecule has 2 atom stereocenters. The summed E-state index contributed by atoms with van der Waals surface area (Å²) in [5.41, 5.74) is 7.71. The van der Waals surface area contributed by atoms with Crippen LogP contribution >= 0.6 is 0 Å². The molecule has 24 heavy (non-hydrogen) atoms. The Morgan fingerprint density at radius 1 is 1.17 bits per heavy atom. The maximum atomic E-state index is 12.9. The Kier molecular flexibility index (Phi) is 4.25. The van der Waals surface area contributed by atoms with Crippen LogP contribution in [-0.2, 0) is 11.2 Å². The smallest absolute Gasteiger partial charge is 0.268 e. The number of amides is 2. The lowest BCUT2D eigenvalue weighted by Crippen LogP contribution is -2.43. The Morgan fingerprint density at radius 2 is 1.83 bits per heavy atom. The Bertz CT molecular complexity index is 788. The molecule has 0 fully saturated rings. The molecule has 124 valence electrons. The fourth-order valence-electron chi connectivity index (χ4n) is 3.11. The average molecular weight is 324 g/mol. The number of anilines is 1. The van der Waals surface area contributed by atoms with E-state index < -0.39 is 12.0 Å². The molecule has 1 aliphatic heterocycles. The molecule has 0 aliphatic carbocycles. The number of nitrogens with two attached hydrogens (primary N) is 1. The summed E-state index contributed by atoms with van der Waals surface area (Å²) < 4.78 is 5.75. The topological polar surface area (TPSA) is 72.6 Å². The van der Waals surface area contributed by atoms with E-state index in [1.165, 1.54) is 0 Å². The Balaban J connectivity index is 1.83. The number of carbonyl (C=O) groups is 2. The first-order valence-electron chi connectivity index (χ1n) is 7.95. The van der Waals surface area contributed by atoms with Crippen LogP contribution in [0.25, 0.3) is 0 Å². The van der Waals surface area contributed by atoms with Gasteiger partial charge in [0, 0.05) is 11.7 Å². The summed E-state index contributed by atoms with van der Waals surface area (Å²) in [6, 6.07) is 14.6. The lowest BCUT2D eigenvalue weighted by Gasteiger charge is -2.26. The SMILES string of the molecule is C[C@H](Oc1ccccc1C(N)=O)C(=O)N1c2ccccc2C[C@@H]1C. The molecule has 0 saturated carbocycles. The molecule has 2 aromatic carbocycles. The van der Waals surface area contributed by atoms with Gasteiger partial charge in [-0.05, 0) is 44.0 Å². The van der Waals surface area contributed by atoms with Crippen LogP contribution in [0.4, 0.5) is 5.69 Å². The van der Waals surface area contributed by atoms with Gasteiger partial charge in [0.15, 0.2) is 6.10 Å². The molecule has 2 aromatic rings. The lowest BCUT2D eigenvalue weighted by molar-refractivity contribution is -0.124. The predicted octanol–water partition coefficient (Wildman–Crippen LogP) is 2.53. The fourth-order valence-corrected chi connectivity index (χ4v) is 3.11. The summed E-state index contributed by atoms with van der Waals surface area (Å²) >= 11 is 0. The molecule has 1 aliphatic rings. The highest BCUT2D eigenvalue weighted by Crippen LogP contribution is 2.32. The summed E-state index contributed by atoms with van der Waals surface area (Å²) in [4.78, 5) is 26.2. The minimum absolute atomic E-state index is 0.0762. The van der Waals surface area contributed by atoms with Gasteiger partial charge in [0.2, 0.25) is 0 Å². The Hall–Kier alpha value is -2.82. The molecule has 0 saturated heterocycles. The molecular weight excluding hydrogens is 304 g/mol. The zero-order chi connectivity index (χ0) is 17.3. The summed E-state index contributed by atoms with van der Waals surface area (Å²) in [6.07, 6.45) is 0.103. The molecule has 0 unspecified atom stereocenters. The maximum Gasteiger partial charge on any atom is 0.268 e. The first-order valence-corrected chi connectivity index (χ1v) is 7.95. The monoisotopic (exact) mass is 324 g/mol. The number of hydrogen-bond donors (Lipinski definition) is 1. The number of rotatable bonds is 4. The Labute approximate surface area is 141 Å². The second-order valence-corrected chi connectivity index (χ2v) is 6.01. The summed E-state index contributed by atoms with van der Waals surface area (Å²) in [5, 5.41) is 0. The zero-order valence-electron chi connectivity index (χ0n) is 13.7. The number of ether oxygens (including phenoxy) is 1. The van der Waals surface area contributed by atoms with E-state index in [4.69, 9.17) is 10.5 Å². The quantitative estimate of drug-likeness (QED) is 0.939. The van der Waals surface area contributed by atoms with Gasteiger partial charge < -0.3 is 15.4 Å². The van der Waals surface area contributed by atoms with Gasteiger partial charge in [-0.15, -0.1) is 0 Å². The average Bonchev–Trinajstić information content (AvgIpc) is 2.90. The molecule has 0 bridgehead atoms. The third-order valence-corrected chi connectivity index (χ3v) is 4.25. The van der Waals surface area contributed by atoms with Gasteiger partial charge >= 0.3 is 0 Å². The lowest BCUT2D eigenvalue weighted by atomic mass is 10.1. The van der Waals surface area contributed by atoms with Gasteiger partial charge in [-0.1, -0.05) is 30.3 Å². The molecule has 2 N–H and O–H groups in total. The van der Waals surface area contributed by atoms with Crippen LogP contribution in [-0.4, -0.2) is 24.0 Å². The van der Waals surface area contributed by atoms with Crippen LogP contribution in [0, 0.1) is 0 Å². The fraction of sp³-hybridized carbons (Fsp3) is 0.263.